The molecule has 0 saturated carbocycles. The average molecular weight is 347 g/mol. The molecule has 0 aromatic carbocycles. The predicted octanol–water partition coefficient (Wildman–Crippen LogP) is 2.21. The lowest BCUT2D eigenvalue weighted by Crippen LogP contribution is -2.46. The van der Waals surface area contributed by atoms with Gasteiger partial charge in [-0.15, -0.1) is 0 Å². The summed E-state index contributed by atoms with van der Waals surface area (Å²) < 4.78 is 6.19. The van der Waals surface area contributed by atoms with Crippen LogP contribution in [0.1, 0.15) is 46.0 Å². The van der Waals surface area contributed by atoms with Gasteiger partial charge in [0.25, 0.3) is 5.91 Å². The Hall–Kier alpha value is -1.82. The number of pyridine rings is 1. The lowest BCUT2D eigenvalue weighted by atomic mass is 9.99. The molecule has 3 heterocycles. The summed E-state index contributed by atoms with van der Waals surface area (Å²) in [6, 6.07) is 3.84. The van der Waals surface area contributed by atoms with Gasteiger partial charge >= 0.3 is 0 Å². The second-order valence-corrected chi connectivity index (χ2v) is 7.32. The van der Waals surface area contributed by atoms with E-state index >= 15 is 0 Å². The molecule has 6 nitrogen and oxygen atoms in total. The van der Waals surface area contributed by atoms with Crippen LogP contribution in [0.15, 0.2) is 18.3 Å². The number of ether oxygens (including phenoxy) is 1. The fourth-order valence-corrected chi connectivity index (χ4v) is 3.76. The van der Waals surface area contributed by atoms with Crippen LogP contribution in [0.2, 0.25) is 0 Å². The first-order chi connectivity index (χ1) is 12.0. The Balaban J connectivity index is 1.63. The molecule has 1 N–H and O–H groups in total. The second kappa shape index (κ2) is 7.60. The van der Waals surface area contributed by atoms with Gasteiger partial charge in [0.2, 0.25) is 0 Å². The van der Waals surface area contributed by atoms with Crippen molar-refractivity contribution in [2.24, 2.45) is 0 Å². The van der Waals surface area contributed by atoms with E-state index in [1.54, 1.807) is 18.0 Å². The molecule has 0 aliphatic carbocycles. The average Bonchev–Trinajstić information content (AvgIpc) is 3.26. The van der Waals surface area contributed by atoms with E-state index < -0.39 is 5.60 Å². The van der Waals surface area contributed by atoms with E-state index in [4.69, 9.17) is 4.74 Å². The first kappa shape index (κ1) is 18.0. The number of carbonyl (C=O) groups excluding carboxylic acids is 1. The Labute approximate surface area is 149 Å². The Morgan fingerprint density at radius 1 is 1.40 bits per heavy atom. The van der Waals surface area contributed by atoms with Gasteiger partial charge in [-0.2, -0.15) is 0 Å². The molecule has 1 amide bonds. The molecule has 0 radical (unpaired) electrons. The minimum atomic E-state index is -1.28. The quantitative estimate of drug-likeness (QED) is 0.855. The molecular weight excluding hydrogens is 318 g/mol. The Kier molecular flexibility index (Phi) is 5.47. The molecule has 0 unspecified atom stereocenters. The van der Waals surface area contributed by atoms with Crippen LogP contribution in [0, 0.1) is 0 Å². The predicted molar refractivity (Wildman–Crippen MR) is 96.8 cm³/mol. The Bertz CT molecular complexity index is 599. The zero-order valence-corrected chi connectivity index (χ0v) is 15.3. The molecule has 138 valence electrons. The molecule has 2 aliphatic heterocycles. The van der Waals surface area contributed by atoms with Gasteiger partial charge in [-0.05, 0) is 38.3 Å². The van der Waals surface area contributed by atoms with Gasteiger partial charge in [-0.25, -0.2) is 4.98 Å². The number of aliphatic hydroxyl groups is 1. The molecule has 2 saturated heterocycles. The van der Waals surface area contributed by atoms with Gasteiger partial charge < -0.3 is 19.6 Å². The van der Waals surface area contributed by atoms with Gasteiger partial charge in [0.05, 0.1) is 6.54 Å². The molecule has 1 aromatic heterocycles. The van der Waals surface area contributed by atoms with Crippen LogP contribution < -0.4 is 9.64 Å². The summed E-state index contributed by atoms with van der Waals surface area (Å²) in [5.41, 5.74) is -1.28. The van der Waals surface area contributed by atoms with E-state index in [0.29, 0.717) is 19.5 Å². The number of likely N-dealkylation sites (tertiary alicyclic amines) is 1. The van der Waals surface area contributed by atoms with Gasteiger partial charge in [-0.3, -0.25) is 4.79 Å². The molecular formula is C19H29N3O3. The van der Waals surface area contributed by atoms with E-state index in [0.717, 1.165) is 37.5 Å². The van der Waals surface area contributed by atoms with Crippen molar-refractivity contribution in [3.63, 3.8) is 0 Å². The van der Waals surface area contributed by atoms with Crippen LogP contribution in [0.3, 0.4) is 0 Å². The molecule has 2 aliphatic rings. The topological polar surface area (TPSA) is 65.9 Å². The van der Waals surface area contributed by atoms with Crippen LogP contribution in [-0.2, 0) is 4.79 Å². The van der Waals surface area contributed by atoms with Crippen LogP contribution >= 0.6 is 0 Å². The maximum absolute atomic E-state index is 12.5. The van der Waals surface area contributed by atoms with Gasteiger partial charge in [0.15, 0.2) is 11.6 Å². The number of aromatic nitrogens is 1. The van der Waals surface area contributed by atoms with Crippen molar-refractivity contribution in [3.05, 3.63) is 18.3 Å². The molecule has 1 aromatic rings. The van der Waals surface area contributed by atoms with Crippen LogP contribution in [0.25, 0.3) is 0 Å². The van der Waals surface area contributed by atoms with Crippen molar-refractivity contribution >= 4 is 11.7 Å². The summed E-state index contributed by atoms with van der Waals surface area (Å²) in [5.74, 6) is 1.51. The van der Waals surface area contributed by atoms with Gasteiger partial charge in [-0.1, -0.05) is 13.3 Å². The third-order valence-corrected chi connectivity index (χ3v) is 5.08. The summed E-state index contributed by atoms with van der Waals surface area (Å²) in [4.78, 5) is 21.0. The monoisotopic (exact) mass is 347 g/mol. The highest BCUT2D eigenvalue weighted by Gasteiger charge is 2.37. The highest BCUT2D eigenvalue weighted by molar-refractivity contribution is 5.84. The molecule has 2 atom stereocenters. The van der Waals surface area contributed by atoms with Crippen LogP contribution in [0.4, 0.5) is 5.82 Å². The summed E-state index contributed by atoms with van der Waals surface area (Å²) in [5, 5.41) is 10.4. The number of nitrogens with zero attached hydrogens (tertiary/aromatic N) is 3. The van der Waals surface area contributed by atoms with Crippen LogP contribution in [0.5, 0.6) is 5.75 Å². The van der Waals surface area contributed by atoms with Crippen molar-refractivity contribution < 1.29 is 14.6 Å². The normalized spacial score (nSPS) is 22.9. The first-order valence-corrected chi connectivity index (χ1v) is 9.39. The number of rotatable bonds is 6. The largest absolute Gasteiger partial charge is 0.485 e. The van der Waals surface area contributed by atoms with Crippen molar-refractivity contribution in [2.75, 3.05) is 31.1 Å². The highest BCUT2D eigenvalue weighted by Crippen LogP contribution is 2.30. The van der Waals surface area contributed by atoms with E-state index in [1.165, 1.54) is 12.8 Å². The maximum Gasteiger partial charge on any atom is 0.254 e. The molecule has 25 heavy (non-hydrogen) atoms. The molecule has 6 heteroatoms. The highest BCUT2D eigenvalue weighted by atomic mass is 16.5. The minimum Gasteiger partial charge on any atom is -0.485 e. The molecule has 0 spiro atoms. The lowest BCUT2D eigenvalue weighted by molar-refractivity contribution is -0.149. The fraction of sp³-hybridized carbons (Fsp3) is 0.684. The Morgan fingerprint density at radius 2 is 2.16 bits per heavy atom. The minimum absolute atomic E-state index is 0.0491. The number of anilines is 1. The summed E-state index contributed by atoms with van der Waals surface area (Å²) in [6.45, 7) is 6.76. The zero-order chi connectivity index (χ0) is 17.9. The summed E-state index contributed by atoms with van der Waals surface area (Å²) in [7, 11) is 0. The standard InChI is InChI=1S/C19H29N3O3/c1-3-9-19(2,24)18(23)22-13-8-15(14-22)25-16-7-6-10-20-17(16)21-11-4-5-12-21/h6-7,10,15,24H,3-5,8-9,11-14H2,1-2H3/t15-,19-/m1/s1. The van der Waals surface area contributed by atoms with E-state index in [9.17, 15) is 9.90 Å². The van der Waals surface area contributed by atoms with Crippen molar-refractivity contribution in [3.8, 4) is 5.75 Å². The maximum atomic E-state index is 12.5. The number of carbonyl (C=O) groups is 1. The lowest BCUT2D eigenvalue weighted by Gasteiger charge is -2.28. The third-order valence-electron chi connectivity index (χ3n) is 5.08. The van der Waals surface area contributed by atoms with E-state index in [-0.39, 0.29) is 12.0 Å². The molecule has 3 rings (SSSR count). The van der Waals surface area contributed by atoms with Crippen molar-refractivity contribution in [2.45, 2.75) is 57.7 Å². The Morgan fingerprint density at radius 3 is 2.88 bits per heavy atom. The van der Waals surface area contributed by atoms with Crippen molar-refractivity contribution in [1.29, 1.82) is 0 Å². The molecule has 0 bridgehead atoms. The zero-order valence-electron chi connectivity index (χ0n) is 15.3. The number of amides is 1. The summed E-state index contributed by atoms with van der Waals surface area (Å²) in [6.07, 6.45) is 6.17. The van der Waals surface area contributed by atoms with Crippen molar-refractivity contribution in [1.82, 2.24) is 9.88 Å². The van der Waals surface area contributed by atoms with Gasteiger partial charge in [0.1, 0.15) is 11.7 Å². The molecule has 2 fully saturated rings. The smallest absolute Gasteiger partial charge is 0.254 e. The summed E-state index contributed by atoms with van der Waals surface area (Å²) >= 11 is 0. The number of hydrogen-bond donors (Lipinski definition) is 1. The van der Waals surface area contributed by atoms with E-state index in [1.807, 2.05) is 19.1 Å². The third kappa shape index (κ3) is 4.06. The first-order valence-electron chi connectivity index (χ1n) is 9.39. The van der Waals surface area contributed by atoms with Crippen LogP contribution in [-0.4, -0.2) is 58.8 Å². The second-order valence-electron chi connectivity index (χ2n) is 7.32. The van der Waals surface area contributed by atoms with Gasteiger partial charge in [0, 0.05) is 32.3 Å². The fourth-order valence-electron chi connectivity index (χ4n) is 3.76. The SMILES string of the molecule is CCC[C@@](C)(O)C(=O)N1CC[C@@H](Oc2cccnc2N2CCCC2)C1. The number of hydrogen-bond acceptors (Lipinski definition) is 5. The van der Waals surface area contributed by atoms with E-state index in [2.05, 4.69) is 9.88 Å².